The van der Waals surface area contributed by atoms with Gasteiger partial charge in [0.1, 0.15) is 11.6 Å². The van der Waals surface area contributed by atoms with Crippen molar-refractivity contribution in [3.8, 4) is 17.1 Å². The Labute approximate surface area is 176 Å². The number of nitrogens with one attached hydrogen (secondary N) is 2. The molecule has 0 aliphatic heterocycles. The minimum absolute atomic E-state index is 0.116. The average Bonchev–Trinajstić information content (AvgIpc) is 3.18. The van der Waals surface area contributed by atoms with Crippen LogP contribution in [0.4, 0.5) is 24.8 Å². The highest BCUT2D eigenvalue weighted by molar-refractivity contribution is 5.70. The summed E-state index contributed by atoms with van der Waals surface area (Å²) in [6.07, 6.45) is 3.38. The number of aromatic nitrogens is 4. The van der Waals surface area contributed by atoms with Gasteiger partial charge in [-0.15, -0.1) is 0 Å². The SMILES string of the molecule is COc1cc(Nc2nccc(Cc3cc(F)c(F)c(F)c3)n2)ccc1-c1ncc(C)[nH]1. The summed E-state index contributed by atoms with van der Waals surface area (Å²) in [5.41, 5.74) is 3.19. The zero-order chi connectivity index (χ0) is 22.0. The van der Waals surface area contributed by atoms with E-state index < -0.39 is 17.5 Å². The number of halogens is 3. The third kappa shape index (κ3) is 4.50. The van der Waals surface area contributed by atoms with E-state index >= 15 is 0 Å². The van der Waals surface area contributed by atoms with Gasteiger partial charge in [0.15, 0.2) is 17.5 Å². The first-order valence-electron chi connectivity index (χ1n) is 9.35. The molecule has 0 aliphatic carbocycles. The number of aryl methyl sites for hydroxylation is 1. The number of methoxy groups -OCH3 is 1. The van der Waals surface area contributed by atoms with Crippen molar-refractivity contribution in [2.75, 3.05) is 12.4 Å². The second-order valence-corrected chi connectivity index (χ2v) is 6.88. The maximum absolute atomic E-state index is 13.5. The van der Waals surface area contributed by atoms with Gasteiger partial charge in [-0.2, -0.15) is 0 Å². The van der Waals surface area contributed by atoms with Crippen molar-refractivity contribution in [2.45, 2.75) is 13.3 Å². The second kappa shape index (κ2) is 8.47. The monoisotopic (exact) mass is 425 g/mol. The van der Waals surface area contributed by atoms with Crippen molar-refractivity contribution in [2.24, 2.45) is 0 Å². The summed E-state index contributed by atoms with van der Waals surface area (Å²) >= 11 is 0. The fourth-order valence-corrected chi connectivity index (χ4v) is 3.12. The highest BCUT2D eigenvalue weighted by atomic mass is 19.2. The fourth-order valence-electron chi connectivity index (χ4n) is 3.12. The van der Waals surface area contributed by atoms with Crippen molar-refractivity contribution in [3.63, 3.8) is 0 Å². The van der Waals surface area contributed by atoms with Crippen LogP contribution in [0.25, 0.3) is 11.4 Å². The first kappa shape index (κ1) is 20.4. The van der Waals surface area contributed by atoms with Crippen LogP contribution in [-0.4, -0.2) is 27.0 Å². The standard InChI is InChI=1S/C22H18F3N5O/c1-12-11-27-21(28-12)16-4-3-14(10-19(16)31-2)29-22-26-6-5-15(30-22)7-13-8-17(23)20(25)18(24)9-13/h3-6,8-11H,7H2,1-2H3,(H,27,28)(H,26,29,30). The number of hydrogen-bond acceptors (Lipinski definition) is 5. The van der Waals surface area contributed by atoms with Gasteiger partial charge in [0.05, 0.1) is 18.4 Å². The van der Waals surface area contributed by atoms with Crippen molar-refractivity contribution in [3.05, 3.63) is 83.2 Å². The summed E-state index contributed by atoms with van der Waals surface area (Å²) in [5.74, 6) is -2.37. The molecule has 0 atom stereocenters. The summed E-state index contributed by atoms with van der Waals surface area (Å²) in [6.45, 7) is 1.91. The predicted molar refractivity (Wildman–Crippen MR) is 110 cm³/mol. The Hall–Kier alpha value is -3.88. The Morgan fingerprint density at radius 3 is 2.48 bits per heavy atom. The number of rotatable bonds is 6. The number of ether oxygens (including phenoxy) is 1. The van der Waals surface area contributed by atoms with Crippen LogP contribution in [0.15, 0.2) is 48.8 Å². The normalized spacial score (nSPS) is 10.9. The number of H-pyrrole nitrogens is 1. The summed E-state index contributed by atoms with van der Waals surface area (Å²) < 4.78 is 45.6. The minimum atomic E-state index is -1.49. The molecule has 6 nitrogen and oxygen atoms in total. The Balaban J connectivity index is 1.55. The van der Waals surface area contributed by atoms with Gasteiger partial charge in [0, 0.05) is 36.3 Å². The molecule has 0 amide bonds. The van der Waals surface area contributed by atoms with E-state index in [1.807, 2.05) is 19.1 Å². The van der Waals surface area contributed by atoms with Crippen molar-refractivity contribution in [1.82, 2.24) is 19.9 Å². The van der Waals surface area contributed by atoms with Crippen LogP contribution in [0.1, 0.15) is 17.0 Å². The van der Waals surface area contributed by atoms with E-state index in [0.717, 1.165) is 23.4 Å². The van der Waals surface area contributed by atoms with Crippen LogP contribution in [0.3, 0.4) is 0 Å². The molecule has 2 aromatic carbocycles. The Morgan fingerprint density at radius 2 is 1.81 bits per heavy atom. The Bertz CT molecular complexity index is 1220. The van der Waals surface area contributed by atoms with E-state index in [1.54, 1.807) is 25.4 Å². The Kier molecular flexibility index (Phi) is 5.57. The quantitative estimate of drug-likeness (QED) is 0.428. The summed E-state index contributed by atoms with van der Waals surface area (Å²) in [5, 5.41) is 3.08. The highest BCUT2D eigenvalue weighted by Crippen LogP contribution is 2.31. The van der Waals surface area contributed by atoms with Gasteiger partial charge in [-0.3, -0.25) is 0 Å². The highest BCUT2D eigenvalue weighted by Gasteiger charge is 2.13. The maximum atomic E-state index is 13.5. The zero-order valence-electron chi connectivity index (χ0n) is 16.7. The lowest BCUT2D eigenvalue weighted by atomic mass is 10.1. The topological polar surface area (TPSA) is 75.7 Å². The molecule has 2 N–H and O–H groups in total. The molecule has 0 fully saturated rings. The molecular formula is C22H18F3N5O. The number of benzene rings is 2. The molecule has 158 valence electrons. The van der Waals surface area contributed by atoms with Crippen LogP contribution >= 0.6 is 0 Å². The summed E-state index contributed by atoms with van der Waals surface area (Å²) in [7, 11) is 1.57. The third-order valence-corrected chi connectivity index (χ3v) is 4.56. The van der Waals surface area contributed by atoms with E-state index in [-0.39, 0.29) is 12.0 Å². The number of nitrogens with zero attached hydrogens (tertiary/aromatic N) is 3. The predicted octanol–water partition coefficient (Wildman–Crippen LogP) is 4.94. The molecule has 0 saturated carbocycles. The summed E-state index contributed by atoms with van der Waals surface area (Å²) in [4.78, 5) is 16.0. The smallest absolute Gasteiger partial charge is 0.227 e. The van der Waals surface area contributed by atoms with Gasteiger partial charge >= 0.3 is 0 Å². The lowest BCUT2D eigenvalue weighted by Crippen LogP contribution is -2.02. The van der Waals surface area contributed by atoms with Crippen LogP contribution in [-0.2, 0) is 6.42 Å². The molecule has 2 aromatic heterocycles. The molecule has 2 heterocycles. The van der Waals surface area contributed by atoms with Gasteiger partial charge in [-0.1, -0.05) is 0 Å². The van der Waals surface area contributed by atoms with Gasteiger partial charge < -0.3 is 15.0 Å². The second-order valence-electron chi connectivity index (χ2n) is 6.88. The molecule has 0 aliphatic rings. The lowest BCUT2D eigenvalue weighted by molar-refractivity contribution is 0.416. The lowest BCUT2D eigenvalue weighted by Gasteiger charge is -2.11. The van der Waals surface area contributed by atoms with Gasteiger partial charge in [0.25, 0.3) is 0 Å². The van der Waals surface area contributed by atoms with Gasteiger partial charge in [0.2, 0.25) is 5.95 Å². The largest absolute Gasteiger partial charge is 0.496 e. The maximum Gasteiger partial charge on any atom is 0.227 e. The minimum Gasteiger partial charge on any atom is -0.496 e. The van der Waals surface area contributed by atoms with E-state index in [4.69, 9.17) is 4.74 Å². The molecule has 0 unspecified atom stereocenters. The Morgan fingerprint density at radius 1 is 1.03 bits per heavy atom. The van der Waals surface area contributed by atoms with Crippen LogP contribution in [0.5, 0.6) is 5.75 Å². The van der Waals surface area contributed by atoms with Crippen molar-refractivity contribution < 1.29 is 17.9 Å². The number of imidazole rings is 1. The molecule has 0 saturated heterocycles. The number of anilines is 2. The van der Waals surface area contributed by atoms with Crippen molar-refractivity contribution >= 4 is 11.6 Å². The summed E-state index contributed by atoms with van der Waals surface area (Å²) in [6, 6.07) is 8.99. The molecule has 0 bridgehead atoms. The van der Waals surface area contributed by atoms with Crippen molar-refractivity contribution in [1.29, 1.82) is 0 Å². The van der Waals surface area contributed by atoms with E-state index in [9.17, 15) is 13.2 Å². The number of aromatic amines is 1. The molecule has 31 heavy (non-hydrogen) atoms. The first-order chi connectivity index (χ1) is 14.9. The first-order valence-corrected chi connectivity index (χ1v) is 9.35. The molecular weight excluding hydrogens is 407 g/mol. The molecule has 9 heteroatoms. The molecule has 4 rings (SSSR count). The van der Waals surface area contributed by atoms with E-state index in [1.165, 1.54) is 6.20 Å². The molecule has 0 radical (unpaired) electrons. The van der Waals surface area contributed by atoms with Crippen LogP contribution in [0.2, 0.25) is 0 Å². The van der Waals surface area contributed by atoms with Gasteiger partial charge in [-0.05, 0) is 42.8 Å². The molecule has 0 spiro atoms. The number of hydrogen-bond donors (Lipinski definition) is 2. The van der Waals surface area contributed by atoms with Crippen LogP contribution in [0, 0.1) is 24.4 Å². The van der Waals surface area contributed by atoms with E-state index in [2.05, 4.69) is 25.3 Å². The fraction of sp³-hybridized carbons (Fsp3) is 0.136. The van der Waals surface area contributed by atoms with Crippen LogP contribution < -0.4 is 10.1 Å². The third-order valence-electron chi connectivity index (χ3n) is 4.56. The molecule has 4 aromatic rings. The van der Waals surface area contributed by atoms with E-state index in [0.29, 0.717) is 28.9 Å². The average molecular weight is 425 g/mol. The van der Waals surface area contributed by atoms with Gasteiger partial charge in [-0.25, -0.2) is 28.1 Å². The zero-order valence-corrected chi connectivity index (χ0v) is 16.7.